The third-order valence-electron chi connectivity index (χ3n) is 3.34. The zero-order valence-electron chi connectivity index (χ0n) is 11.7. The zero-order chi connectivity index (χ0) is 14.7. The number of hydrogen-bond acceptors (Lipinski definition) is 4. The number of thiophene rings is 1. The molecule has 0 aliphatic carbocycles. The van der Waals surface area contributed by atoms with Gasteiger partial charge in [-0.15, -0.1) is 11.3 Å². The number of nitrogens with one attached hydrogen (secondary N) is 1. The second-order valence-corrected chi connectivity index (χ2v) is 6.78. The van der Waals surface area contributed by atoms with Crippen molar-refractivity contribution in [3.8, 4) is 0 Å². The van der Waals surface area contributed by atoms with Crippen molar-refractivity contribution in [1.29, 1.82) is 0 Å². The normalized spacial score (nSPS) is 12.5. The predicted octanol–water partition coefficient (Wildman–Crippen LogP) is 5.41. The van der Waals surface area contributed by atoms with Crippen molar-refractivity contribution >= 4 is 44.0 Å². The molecule has 0 aliphatic heterocycles. The van der Waals surface area contributed by atoms with Crippen LogP contribution >= 0.6 is 27.3 Å². The van der Waals surface area contributed by atoms with Crippen molar-refractivity contribution in [2.75, 3.05) is 5.32 Å². The predicted molar refractivity (Wildman–Crippen MR) is 92.8 cm³/mol. The molecule has 1 atom stereocenters. The van der Waals surface area contributed by atoms with Gasteiger partial charge in [-0.3, -0.25) is 9.97 Å². The molecule has 0 fully saturated rings. The second kappa shape index (κ2) is 6.54. The molecule has 3 nitrogen and oxygen atoms in total. The summed E-state index contributed by atoms with van der Waals surface area (Å²) >= 11 is 5.23. The highest BCUT2D eigenvalue weighted by atomic mass is 79.9. The highest BCUT2D eigenvalue weighted by Crippen LogP contribution is 2.30. The third-order valence-corrected chi connectivity index (χ3v) is 4.76. The van der Waals surface area contributed by atoms with Gasteiger partial charge in [0.25, 0.3) is 0 Å². The molecule has 0 saturated heterocycles. The summed E-state index contributed by atoms with van der Waals surface area (Å²) in [6.07, 6.45) is 5.88. The summed E-state index contributed by atoms with van der Waals surface area (Å²) in [5, 5.41) is 5.76. The van der Waals surface area contributed by atoms with Gasteiger partial charge in [0, 0.05) is 21.7 Å². The van der Waals surface area contributed by atoms with Crippen LogP contribution in [-0.2, 0) is 0 Å². The highest BCUT2D eigenvalue weighted by molar-refractivity contribution is 9.10. The number of pyridine rings is 2. The zero-order valence-corrected chi connectivity index (χ0v) is 14.1. The summed E-state index contributed by atoms with van der Waals surface area (Å²) in [6, 6.07) is 8.61. The largest absolute Gasteiger partial charge is 0.376 e. The van der Waals surface area contributed by atoms with Crippen LogP contribution in [-0.4, -0.2) is 9.97 Å². The summed E-state index contributed by atoms with van der Waals surface area (Å²) in [5.74, 6) is 0. The van der Waals surface area contributed by atoms with Gasteiger partial charge in [0.1, 0.15) is 5.52 Å². The Hall–Kier alpha value is -1.46. The summed E-state index contributed by atoms with van der Waals surface area (Å²) in [7, 11) is 0. The van der Waals surface area contributed by atoms with E-state index in [0.717, 1.165) is 34.0 Å². The molecule has 0 aromatic carbocycles. The SMILES string of the molecule is CCCC(Nc1ccnc2cc(Br)cnc12)c1cccs1. The minimum atomic E-state index is 0.325. The molecule has 0 amide bonds. The van der Waals surface area contributed by atoms with E-state index in [1.807, 2.05) is 24.5 Å². The maximum Gasteiger partial charge on any atom is 0.112 e. The fourth-order valence-electron chi connectivity index (χ4n) is 2.37. The average molecular weight is 362 g/mol. The Morgan fingerprint density at radius 1 is 1.33 bits per heavy atom. The van der Waals surface area contributed by atoms with Gasteiger partial charge in [0.15, 0.2) is 0 Å². The number of halogens is 1. The van der Waals surface area contributed by atoms with Crippen LogP contribution in [0.15, 0.2) is 46.5 Å². The van der Waals surface area contributed by atoms with Crippen molar-refractivity contribution < 1.29 is 0 Å². The Morgan fingerprint density at radius 2 is 2.24 bits per heavy atom. The van der Waals surface area contributed by atoms with Crippen LogP contribution in [0.25, 0.3) is 11.0 Å². The lowest BCUT2D eigenvalue weighted by atomic mass is 10.1. The van der Waals surface area contributed by atoms with Gasteiger partial charge in [0.05, 0.1) is 17.2 Å². The van der Waals surface area contributed by atoms with Gasteiger partial charge in [-0.2, -0.15) is 0 Å². The van der Waals surface area contributed by atoms with Crippen LogP contribution in [0.1, 0.15) is 30.7 Å². The molecule has 0 spiro atoms. The van der Waals surface area contributed by atoms with Gasteiger partial charge in [-0.1, -0.05) is 19.4 Å². The second-order valence-electron chi connectivity index (χ2n) is 4.88. The van der Waals surface area contributed by atoms with Crippen LogP contribution in [0.2, 0.25) is 0 Å². The number of fused-ring (bicyclic) bond motifs is 1. The molecule has 108 valence electrons. The Bertz CT molecular complexity index is 727. The van der Waals surface area contributed by atoms with Crippen LogP contribution in [0.5, 0.6) is 0 Å². The van der Waals surface area contributed by atoms with Gasteiger partial charge in [-0.05, 0) is 45.9 Å². The fourth-order valence-corrected chi connectivity index (χ4v) is 3.51. The molecule has 0 aliphatic rings. The third kappa shape index (κ3) is 3.24. The van der Waals surface area contributed by atoms with E-state index >= 15 is 0 Å². The van der Waals surface area contributed by atoms with E-state index in [4.69, 9.17) is 0 Å². The number of hydrogen-bond donors (Lipinski definition) is 1. The Labute approximate surface area is 136 Å². The number of nitrogens with zero attached hydrogens (tertiary/aromatic N) is 2. The average Bonchev–Trinajstić information content (AvgIpc) is 3.01. The van der Waals surface area contributed by atoms with Gasteiger partial charge >= 0.3 is 0 Å². The van der Waals surface area contributed by atoms with Crippen molar-refractivity contribution in [2.24, 2.45) is 0 Å². The Kier molecular flexibility index (Phi) is 4.51. The maximum absolute atomic E-state index is 4.51. The summed E-state index contributed by atoms with van der Waals surface area (Å²) < 4.78 is 0.947. The van der Waals surface area contributed by atoms with E-state index in [2.05, 4.69) is 55.7 Å². The lowest BCUT2D eigenvalue weighted by molar-refractivity contribution is 0.688. The van der Waals surface area contributed by atoms with E-state index in [1.165, 1.54) is 4.88 Å². The lowest BCUT2D eigenvalue weighted by Crippen LogP contribution is -2.09. The molecule has 5 heteroatoms. The van der Waals surface area contributed by atoms with Crippen LogP contribution < -0.4 is 5.32 Å². The standard InChI is InChI=1S/C16H16BrN3S/c1-2-4-12(15-5-3-8-21-15)20-13-6-7-18-14-9-11(17)10-19-16(13)14/h3,5-10,12H,2,4H2,1H3,(H,18,20). The minimum Gasteiger partial charge on any atom is -0.376 e. The smallest absolute Gasteiger partial charge is 0.112 e. The van der Waals surface area contributed by atoms with E-state index in [1.54, 1.807) is 11.3 Å². The molecule has 3 aromatic rings. The Balaban J connectivity index is 1.96. The first kappa shape index (κ1) is 14.5. The molecule has 0 radical (unpaired) electrons. The van der Waals surface area contributed by atoms with Crippen LogP contribution in [0, 0.1) is 0 Å². The van der Waals surface area contributed by atoms with E-state index < -0.39 is 0 Å². The van der Waals surface area contributed by atoms with Crippen LogP contribution in [0.3, 0.4) is 0 Å². The van der Waals surface area contributed by atoms with E-state index in [-0.39, 0.29) is 0 Å². The first-order valence-corrected chi connectivity index (χ1v) is 8.65. The molecule has 0 bridgehead atoms. The van der Waals surface area contributed by atoms with Gasteiger partial charge in [0.2, 0.25) is 0 Å². The van der Waals surface area contributed by atoms with Crippen LogP contribution in [0.4, 0.5) is 5.69 Å². The molecule has 21 heavy (non-hydrogen) atoms. The minimum absolute atomic E-state index is 0.325. The Morgan fingerprint density at radius 3 is 3.00 bits per heavy atom. The van der Waals surface area contributed by atoms with Gasteiger partial charge in [-0.25, -0.2) is 0 Å². The molecular weight excluding hydrogens is 346 g/mol. The van der Waals surface area contributed by atoms with Crippen molar-refractivity contribution in [2.45, 2.75) is 25.8 Å². The summed E-state index contributed by atoms with van der Waals surface area (Å²) in [4.78, 5) is 10.3. The van der Waals surface area contributed by atoms with E-state index in [9.17, 15) is 0 Å². The monoisotopic (exact) mass is 361 g/mol. The molecule has 0 saturated carbocycles. The quantitative estimate of drug-likeness (QED) is 0.660. The van der Waals surface area contributed by atoms with E-state index in [0.29, 0.717) is 6.04 Å². The first-order chi connectivity index (χ1) is 10.3. The first-order valence-electron chi connectivity index (χ1n) is 6.98. The number of anilines is 1. The van der Waals surface area contributed by atoms with Crippen molar-refractivity contribution in [3.63, 3.8) is 0 Å². The fraction of sp³-hybridized carbons (Fsp3) is 0.250. The molecule has 1 N–H and O–H groups in total. The lowest BCUT2D eigenvalue weighted by Gasteiger charge is -2.19. The molecule has 3 heterocycles. The number of aromatic nitrogens is 2. The number of rotatable bonds is 5. The maximum atomic E-state index is 4.51. The summed E-state index contributed by atoms with van der Waals surface area (Å²) in [6.45, 7) is 2.21. The molecule has 1 unspecified atom stereocenters. The van der Waals surface area contributed by atoms with Crippen molar-refractivity contribution in [1.82, 2.24) is 9.97 Å². The molecular formula is C16H16BrN3S. The van der Waals surface area contributed by atoms with Gasteiger partial charge < -0.3 is 5.32 Å². The molecule has 3 aromatic heterocycles. The highest BCUT2D eigenvalue weighted by Gasteiger charge is 2.13. The topological polar surface area (TPSA) is 37.8 Å². The van der Waals surface area contributed by atoms with Crippen molar-refractivity contribution in [3.05, 3.63) is 51.4 Å². The molecule has 3 rings (SSSR count). The summed E-state index contributed by atoms with van der Waals surface area (Å²) in [5.41, 5.74) is 2.86.